The Morgan fingerprint density at radius 2 is 1.95 bits per heavy atom. The minimum absolute atomic E-state index is 0.268. The monoisotopic (exact) mass is 261 g/mol. The quantitative estimate of drug-likeness (QED) is 0.895. The summed E-state index contributed by atoms with van der Waals surface area (Å²) >= 11 is 0. The second-order valence-corrected chi connectivity index (χ2v) is 4.20. The van der Waals surface area contributed by atoms with Gasteiger partial charge in [0.2, 0.25) is 6.79 Å². The molecule has 3 rings (SSSR count). The fourth-order valence-electron chi connectivity index (χ4n) is 1.89. The highest BCUT2D eigenvalue weighted by molar-refractivity contribution is 5.46. The molecule has 2 heterocycles. The summed E-state index contributed by atoms with van der Waals surface area (Å²) in [5.41, 5.74) is 0. The Hall–Kier alpha value is -2.14. The molecule has 1 aliphatic rings. The first kappa shape index (κ1) is 11.9. The van der Waals surface area contributed by atoms with E-state index in [1.54, 1.807) is 0 Å². The van der Waals surface area contributed by atoms with Crippen LogP contribution >= 0.6 is 0 Å². The molecule has 1 aliphatic heterocycles. The Labute approximate surface area is 111 Å². The van der Waals surface area contributed by atoms with Crippen molar-refractivity contribution in [1.82, 2.24) is 5.32 Å². The summed E-state index contributed by atoms with van der Waals surface area (Å²) in [5.74, 6) is 3.89. The maximum absolute atomic E-state index is 5.66. The van der Waals surface area contributed by atoms with Crippen LogP contribution in [0.5, 0.6) is 17.2 Å². The number of furan rings is 1. The van der Waals surface area contributed by atoms with E-state index in [4.69, 9.17) is 18.6 Å². The van der Waals surface area contributed by atoms with Crippen molar-refractivity contribution in [2.45, 2.75) is 13.2 Å². The summed E-state index contributed by atoms with van der Waals surface area (Å²) in [6, 6.07) is 9.37. The van der Waals surface area contributed by atoms with Crippen molar-refractivity contribution in [3.8, 4) is 17.2 Å². The van der Waals surface area contributed by atoms with Gasteiger partial charge in [0.05, 0.1) is 6.54 Å². The third kappa shape index (κ3) is 2.66. The fourth-order valence-corrected chi connectivity index (χ4v) is 1.89. The molecule has 0 atom stereocenters. The molecule has 1 N–H and O–H groups in total. The molecular weight excluding hydrogens is 246 g/mol. The lowest BCUT2D eigenvalue weighted by atomic mass is 10.3. The zero-order valence-electron chi connectivity index (χ0n) is 10.6. The van der Waals surface area contributed by atoms with Crippen LogP contribution < -0.4 is 19.5 Å². The average molecular weight is 261 g/mol. The molecule has 5 heteroatoms. The standard InChI is InChI=1S/C14H15NO4/c1-15-7-11-2-3-12(19-11)8-16-10-4-5-13-14(6-10)18-9-17-13/h2-6,15H,7-9H2,1H3. The summed E-state index contributed by atoms with van der Waals surface area (Å²) in [5, 5.41) is 3.03. The second-order valence-electron chi connectivity index (χ2n) is 4.20. The first-order valence-corrected chi connectivity index (χ1v) is 6.10. The van der Waals surface area contributed by atoms with Crippen molar-refractivity contribution in [2.75, 3.05) is 13.8 Å². The molecule has 0 radical (unpaired) electrons. The molecule has 1 aromatic heterocycles. The molecule has 5 nitrogen and oxygen atoms in total. The number of benzene rings is 1. The Bertz CT molecular complexity index is 564. The third-order valence-electron chi connectivity index (χ3n) is 2.79. The molecule has 0 amide bonds. The minimum atomic E-state index is 0.268. The summed E-state index contributed by atoms with van der Waals surface area (Å²) < 4.78 is 21.8. The van der Waals surface area contributed by atoms with Gasteiger partial charge in [-0.3, -0.25) is 0 Å². The number of rotatable bonds is 5. The number of hydrogen-bond donors (Lipinski definition) is 1. The summed E-state index contributed by atoms with van der Waals surface area (Å²) in [4.78, 5) is 0. The van der Waals surface area contributed by atoms with Gasteiger partial charge in [-0.05, 0) is 31.3 Å². The van der Waals surface area contributed by atoms with Gasteiger partial charge in [-0.25, -0.2) is 0 Å². The van der Waals surface area contributed by atoms with Crippen LogP contribution in [0.2, 0.25) is 0 Å². The summed E-state index contributed by atoms with van der Waals surface area (Å²) in [6.07, 6.45) is 0. The van der Waals surface area contributed by atoms with Crippen LogP contribution in [0.3, 0.4) is 0 Å². The topological polar surface area (TPSA) is 52.9 Å². The number of nitrogens with one attached hydrogen (secondary N) is 1. The van der Waals surface area contributed by atoms with E-state index in [2.05, 4.69) is 5.32 Å². The number of fused-ring (bicyclic) bond motifs is 1. The zero-order chi connectivity index (χ0) is 13.1. The predicted octanol–water partition coefficient (Wildman–Crippen LogP) is 2.31. The molecule has 0 aliphatic carbocycles. The van der Waals surface area contributed by atoms with Gasteiger partial charge in [0.15, 0.2) is 11.5 Å². The Kier molecular flexibility index (Phi) is 3.29. The third-order valence-corrected chi connectivity index (χ3v) is 2.79. The van der Waals surface area contributed by atoms with Crippen LogP contribution in [0, 0.1) is 0 Å². The SMILES string of the molecule is CNCc1ccc(COc2ccc3c(c2)OCO3)o1. The first-order chi connectivity index (χ1) is 9.35. The van der Waals surface area contributed by atoms with E-state index < -0.39 is 0 Å². The van der Waals surface area contributed by atoms with Gasteiger partial charge >= 0.3 is 0 Å². The van der Waals surface area contributed by atoms with Crippen molar-refractivity contribution >= 4 is 0 Å². The van der Waals surface area contributed by atoms with E-state index in [1.165, 1.54) is 0 Å². The molecule has 0 saturated heterocycles. The molecule has 0 unspecified atom stereocenters. The normalized spacial score (nSPS) is 12.7. The summed E-state index contributed by atoms with van der Waals surface area (Å²) in [6.45, 7) is 1.37. The van der Waals surface area contributed by atoms with E-state index in [1.807, 2.05) is 37.4 Å². The van der Waals surface area contributed by atoms with Gasteiger partial charge in [-0.15, -0.1) is 0 Å². The second kappa shape index (κ2) is 5.24. The molecule has 2 aromatic rings. The maximum Gasteiger partial charge on any atom is 0.231 e. The highest BCUT2D eigenvalue weighted by Gasteiger charge is 2.13. The lowest BCUT2D eigenvalue weighted by molar-refractivity contribution is 0.173. The smallest absolute Gasteiger partial charge is 0.231 e. The van der Waals surface area contributed by atoms with Crippen molar-refractivity contribution in [3.63, 3.8) is 0 Å². The van der Waals surface area contributed by atoms with Crippen molar-refractivity contribution in [3.05, 3.63) is 41.9 Å². The van der Waals surface area contributed by atoms with Crippen LogP contribution in [-0.2, 0) is 13.2 Å². The fraction of sp³-hybridized carbons (Fsp3) is 0.286. The van der Waals surface area contributed by atoms with Gasteiger partial charge in [0.1, 0.15) is 23.9 Å². The van der Waals surface area contributed by atoms with Gasteiger partial charge in [-0.2, -0.15) is 0 Å². The molecular formula is C14H15NO4. The van der Waals surface area contributed by atoms with E-state index in [9.17, 15) is 0 Å². The average Bonchev–Trinajstić information content (AvgIpc) is 3.04. The Balaban J connectivity index is 1.62. The van der Waals surface area contributed by atoms with E-state index in [0.29, 0.717) is 18.9 Å². The largest absolute Gasteiger partial charge is 0.486 e. The van der Waals surface area contributed by atoms with Gasteiger partial charge in [-0.1, -0.05) is 0 Å². The van der Waals surface area contributed by atoms with Gasteiger partial charge in [0.25, 0.3) is 0 Å². The minimum Gasteiger partial charge on any atom is -0.486 e. The molecule has 1 aromatic carbocycles. The first-order valence-electron chi connectivity index (χ1n) is 6.10. The van der Waals surface area contributed by atoms with E-state index in [0.717, 1.165) is 23.0 Å². The lowest BCUT2D eigenvalue weighted by Crippen LogP contribution is -2.03. The Morgan fingerprint density at radius 3 is 2.84 bits per heavy atom. The highest BCUT2D eigenvalue weighted by Crippen LogP contribution is 2.35. The van der Waals surface area contributed by atoms with E-state index in [-0.39, 0.29) is 6.79 Å². The molecule has 19 heavy (non-hydrogen) atoms. The maximum atomic E-state index is 5.66. The Morgan fingerprint density at radius 1 is 1.11 bits per heavy atom. The molecule has 0 bridgehead atoms. The zero-order valence-corrected chi connectivity index (χ0v) is 10.6. The molecule has 0 saturated carbocycles. The van der Waals surface area contributed by atoms with Crippen molar-refractivity contribution < 1.29 is 18.6 Å². The van der Waals surface area contributed by atoms with Crippen LogP contribution in [0.4, 0.5) is 0 Å². The number of hydrogen-bond acceptors (Lipinski definition) is 5. The van der Waals surface area contributed by atoms with E-state index >= 15 is 0 Å². The molecule has 0 spiro atoms. The van der Waals surface area contributed by atoms with Crippen molar-refractivity contribution in [2.24, 2.45) is 0 Å². The van der Waals surface area contributed by atoms with Crippen LogP contribution in [0.1, 0.15) is 11.5 Å². The number of ether oxygens (including phenoxy) is 3. The van der Waals surface area contributed by atoms with Crippen LogP contribution in [0.15, 0.2) is 34.7 Å². The predicted molar refractivity (Wildman–Crippen MR) is 68.4 cm³/mol. The van der Waals surface area contributed by atoms with Crippen molar-refractivity contribution in [1.29, 1.82) is 0 Å². The highest BCUT2D eigenvalue weighted by atomic mass is 16.7. The summed E-state index contributed by atoms with van der Waals surface area (Å²) in [7, 11) is 1.88. The molecule has 100 valence electrons. The van der Waals surface area contributed by atoms with Crippen LogP contribution in [0.25, 0.3) is 0 Å². The van der Waals surface area contributed by atoms with Crippen LogP contribution in [-0.4, -0.2) is 13.8 Å². The van der Waals surface area contributed by atoms with Gasteiger partial charge < -0.3 is 23.9 Å². The van der Waals surface area contributed by atoms with Gasteiger partial charge in [0, 0.05) is 6.07 Å². The molecule has 0 fully saturated rings. The lowest BCUT2D eigenvalue weighted by Gasteiger charge is -2.05.